The number of carbonyl (C=O) groups is 2. The van der Waals surface area contributed by atoms with Crippen molar-refractivity contribution in [3.63, 3.8) is 0 Å². The number of hydrogen-bond acceptors (Lipinski definition) is 2. The number of rotatable bonds is 7. The van der Waals surface area contributed by atoms with Crippen LogP contribution in [0.4, 0.5) is 4.39 Å². The fourth-order valence-electron chi connectivity index (χ4n) is 4.60. The molecule has 1 atom stereocenters. The van der Waals surface area contributed by atoms with Gasteiger partial charge in [0.05, 0.1) is 29.2 Å². The first-order valence-corrected chi connectivity index (χ1v) is 16.0. The van der Waals surface area contributed by atoms with Crippen molar-refractivity contribution >= 4 is 70.8 Å². The molecule has 5 nitrogen and oxygen atoms in total. The van der Waals surface area contributed by atoms with Crippen LogP contribution in [0, 0.1) is 0 Å². The molecule has 0 saturated heterocycles. The highest BCUT2D eigenvalue weighted by molar-refractivity contribution is 6.90. The van der Waals surface area contributed by atoms with Gasteiger partial charge in [-0.05, 0) is 40.6 Å². The molecule has 10 heteroatoms. The predicted octanol–water partition coefficient (Wildman–Crippen LogP) is 6.93. The smallest absolute Gasteiger partial charge is 0.337 e. The number of carboxylic acid groups (broad SMARTS) is 1. The maximum atomic E-state index is 17.7. The minimum absolute atomic E-state index is 0.00294. The average molecular weight is 578 g/mol. The van der Waals surface area contributed by atoms with Crippen LogP contribution in [-0.2, 0) is 12.1 Å². The Morgan fingerprint density at radius 3 is 2.32 bits per heavy atom. The molecule has 4 aromatic rings. The standard InChI is InChI=1S/C27H24Cl3FN2O3Si/c1-37(2,3)22-10-8-15(25(32)34)18(23(22)30)12-27(31,14-7-9-20(28)21(29)11-14)19-13-33-24-16(19)5-4-6-17(24)26(35)36/h4-11,13,33H,12H2,1-3H3,(H2,32,34)(H,35,36). The Balaban J connectivity index is 2.05. The van der Waals surface area contributed by atoms with Crippen LogP contribution < -0.4 is 10.9 Å². The number of para-hydroxylation sites is 1. The van der Waals surface area contributed by atoms with E-state index in [1.165, 1.54) is 30.5 Å². The number of aromatic amines is 1. The number of alkyl halides is 1. The van der Waals surface area contributed by atoms with Crippen LogP contribution in [0.1, 0.15) is 37.4 Å². The predicted molar refractivity (Wildman–Crippen MR) is 150 cm³/mol. The second kappa shape index (κ2) is 9.80. The number of carboxylic acids is 1. The lowest BCUT2D eigenvalue weighted by molar-refractivity contribution is 0.0698. The molecule has 0 saturated carbocycles. The van der Waals surface area contributed by atoms with Crippen LogP contribution >= 0.6 is 34.8 Å². The summed E-state index contributed by atoms with van der Waals surface area (Å²) in [7, 11) is -1.98. The normalized spacial score (nSPS) is 13.5. The zero-order chi connectivity index (χ0) is 27.3. The van der Waals surface area contributed by atoms with Gasteiger partial charge in [-0.25, -0.2) is 9.18 Å². The van der Waals surface area contributed by atoms with Gasteiger partial charge >= 0.3 is 5.97 Å². The SMILES string of the molecule is C[Si](C)(C)c1ccc(C(N)=O)c(CC(F)(c2ccc(Cl)c(Cl)c2)c2c[nH]c3c(C(=O)O)cccc23)c1Cl. The number of halogens is 4. The summed E-state index contributed by atoms with van der Waals surface area (Å²) in [6.07, 6.45) is 1.07. The van der Waals surface area contributed by atoms with Crippen LogP contribution in [0.5, 0.6) is 0 Å². The molecule has 0 aliphatic carbocycles. The van der Waals surface area contributed by atoms with E-state index >= 15 is 4.39 Å². The third-order valence-electron chi connectivity index (χ3n) is 6.49. The van der Waals surface area contributed by atoms with E-state index < -0.39 is 25.6 Å². The largest absolute Gasteiger partial charge is 0.478 e. The highest BCUT2D eigenvalue weighted by atomic mass is 35.5. The van der Waals surface area contributed by atoms with E-state index in [0.717, 1.165) is 5.19 Å². The van der Waals surface area contributed by atoms with Crippen molar-refractivity contribution in [3.05, 3.63) is 97.6 Å². The minimum Gasteiger partial charge on any atom is -0.478 e. The van der Waals surface area contributed by atoms with Crippen molar-refractivity contribution in [2.45, 2.75) is 31.7 Å². The Morgan fingerprint density at radius 1 is 1.03 bits per heavy atom. The number of H-pyrrole nitrogens is 1. The van der Waals surface area contributed by atoms with Gasteiger partial charge in [-0.3, -0.25) is 4.79 Å². The number of nitrogens with one attached hydrogen (secondary N) is 1. The number of aromatic carboxylic acids is 1. The summed E-state index contributed by atoms with van der Waals surface area (Å²) >= 11 is 19.3. The van der Waals surface area contributed by atoms with Crippen molar-refractivity contribution in [3.8, 4) is 0 Å². The Hall–Kier alpha value is -2.84. The van der Waals surface area contributed by atoms with Crippen molar-refractivity contribution in [2.75, 3.05) is 0 Å². The van der Waals surface area contributed by atoms with Crippen molar-refractivity contribution in [1.82, 2.24) is 4.98 Å². The lowest BCUT2D eigenvalue weighted by Gasteiger charge is -2.29. The number of benzene rings is 3. The minimum atomic E-state index is -2.30. The average Bonchev–Trinajstić information content (AvgIpc) is 3.25. The Morgan fingerprint density at radius 2 is 1.73 bits per heavy atom. The van der Waals surface area contributed by atoms with E-state index in [0.29, 0.717) is 10.4 Å². The number of amides is 1. The highest BCUT2D eigenvalue weighted by Gasteiger charge is 2.40. The summed E-state index contributed by atoms with van der Waals surface area (Å²) in [5, 5.41) is 11.6. The zero-order valence-corrected chi connectivity index (χ0v) is 23.5. The fraction of sp³-hybridized carbons (Fsp3) is 0.185. The van der Waals surface area contributed by atoms with Crippen LogP contribution in [0.3, 0.4) is 0 Å². The first kappa shape index (κ1) is 27.2. The molecule has 1 aromatic heterocycles. The van der Waals surface area contributed by atoms with Gasteiger partial charge < -0.3 is 15.8 Å². The number of carbonyl (C=O) groups excluding carboxylic acids is 1. The molecule has 0 fully saturated rings. The van der Waals surface area contributed by atoms with Gasteiger partial charge in [0.15, 0.2) is 5.67 Å². The van der Waals surface area contributed by atoms with Gasteiger partial charge in [-0.2, -0.15) is 0 Å². The third kappa shape index (κ3) is 4.89. The van der Waals surface area contributed by atoms with Gasteiger partial charge in [0.25, 0.3) is 0 Å². The van der Waals surface area contributed by atoms with Crippen LogP contribution in [0.15, 0.2) is 54.7 Å². The summed E-state index contributed by atoms with van der Waals surface area (Å²) in [4.78, 5) is 27.1. The molecule has 4 rings (SSSR count). The molecule has 37 heavy (non-hydrogen) atoms. The molecule has 4 N–H and O–H groups in total. The zero-order valence-electron chi connectivity index (χ0n) is 20.3. The second-order valence-electron chi connectivity index (χ2n) is 9.91. The Bertz CT molecular complexity index is 1560. The number of aromatic nitrogens is 1. The Kier molecular flexibility index (Phi) is 7.20. The summed E-state index contributed by atoms with van der Waals surface area (Å²) in [5.41, 5.74) is 4.36. The van der Waals surface area contributed by atoms with E-state index in [2.05, 4.69) is 24.6 Å². The van der Waals surface area contributed by atoms with Crippen LogP contribution in [0.25, 0.3) is 10.9 Å². The molecule has 0 bridgehead atoms. The third-order valence-corrected chi connectivity index (χ3v) is 9.85. The van der Waals surface area contributed by atoms with Crippen LogP contribution in [0.2, 0.25) is 34.7 Å². The summed E-state index contributed by atoms with van der Waals surface area (Å²) in [6.45, 7) is 6.28. The number of fused-ring (bicyclic) bond motifs is 1. The summed E-state index contributed by atoms with van der Waals surface area (Å²) < 4.78 is 17.7. The maximum absolute atomic E-state index is 17.7. The summed E-state index contributed by atoms with van der Waals surface area (Å²) in [6, 6.07) is 12.4. The van der Waals surface area contributed by atoms with Crippen molar-refractivity contribution in [1.29, 1.82) is 0 Å². The van der Waals surface area contributed by atoms with E-state index in [1.54, 1.807) is 24.3 Å². The fourth-order valence-corrected chi connectivity index (χ4v) is 7.38. The van der Waals surface area contributed by atoms with Crippen molar-refractivity contribution < 1.29 is 19.1 Å². The van der Waals surface area contributed by atoms with E-state index in [1.807, 2.05) is 0 Å². The first-order chi connectivity index (χ1) is 17.3. The van der Waals surface area contributed by atoms with E-state index in [9.17, 15) is 14.7 Å². The highest BCUT2D eigenvalue weighted by Crippen LogP contribution is 2.44. The molecule has 0 aliphatic heterocycles. The molecule has 1 amide bonds. The number of nitrogens with two attached hydrogens (primary N) is 1. The molecule has 0 spiro atoms. The van der Waals surface area contributed by atoms with E-state index in [4.69, 9.17) is 40.5 Å². The van der Waals surface area contributed by atoms with Gasteiger partial charge in [0.1, 0.15) is 0 Å². The van der Waals surface area contributed by atoms with Gasteiger partial charge in [0.2, 0.25) is 5.91 Å². The topological polar surface area (TPSA) is 96.2 Å². The quantitative estimate of drug-likeness (QED) is 0.208. The molecule has 0 aliphatic rings. The molecule has 0 radical (unpaired) electrons. The monoisotopic (exact) mass is 576 g/mol. The van der Waals surface area contributed by atoms with Gasteiger partial charge in [-0.1, -0.05) is 78.7 Å². The van der Waals surface area contributed by atoms with Crippen molar-refractivity contribution in [2.24, 2.45) is 5.73 Å². The number of primary amides is 1. The molecule has 3 aromatic carbocycles. The molecule has 1 unspecified atom stereocenters. The van der Waals surface area contributed by atoms with Gasteiger partial charge in [-0.15, -0.1) is 0 Å². The molecule has 192 valence electrons. The second-order valence-corrected chi connectivity index (χ2v) is 16.1. The Labute approximate surface area is 229 Å². The first-order valence-electron chi connectivity index (χ1n) is 11.4. The lowest BCUT2D eigenvalue weighted by atomic mass is 9.81. The molecular weight excluding hydrogens is 554 g/mol. The summed E-state index contributed by atoms with van der Waals surface area (Å²) in [5.74, 6) is -1.89. The van der Waals surface area contributed by atoms with E-state index in [-0.39, 0.29) is 49.8 Å². The molecule has 1 heterocycles. The van der Waals surface area contributed by atoms with Crippen LogP contribution in [-0.4, -0.2) is 30.0 Å². The maximum Gasteiger partial charge on any atom is 0.337 e. The molecular formula is C27H24Cl3FN2O3Si. The lowest BCUT2D eigenvalue weighted by Crippen LogP contribution is -2.40. The number of hydrogen-bond donors (Lipinski definition) is 3. The van der Waals surface area contributed by atoms with Gasteiger partial charge in [0, 0.05) is 34.2 Å².